The van der Waals surface area contributed by atoms with Crippen LogP contribution in [0.4, 0.5) is 11.4 Å². The fourth-order valence-corrected chi connectivity index (χ4v) is 9.56. The van der Waals surface area contributed by atoms with Crippen molar-refractivity contribution < 1.29 is 81.9 Å². The molecule has 1 fully saturated rings. The molecule has 232 valence electrons. The fraction of sp³-hybridized carbons (Fsp3) is 0.452. The number of quaternary nitrogens is 1. The third-order valence-electron chi connectivity index (χ3n) is 9.31. The number of hydrogen-bond acceptors (Lipinski definition) is 6. The van der Waals surface area contributed by atoms with Crippen molar-refractivity contribution in [3.8, 4) is 0 Å². The molecule has 0 saturated carbocycles. The van der Waals surface area contributed by atoms with E-state index in [-0.39, 0.29) is 68.7 Å². The molecule has 1 saturated heterocycles. The third-order valence-corrected chi connectivity index (χ3v) is 11.8. The zero-order valence-electron chi connectivity index (χ0n) is 25.6. The Morgan fingerprint density at radius 3 is 2.23 bits per heavy atom. The van der Waals surface area contributed by atoms with Gasteiger partial charge in [0.05, 0.1) is 27.5 Å². The van der Waals surface area contributed by atoms with E-state index >= 15 is 0 Å². The first kappa shape index (κ1) is 36.4. The van der Waals surface area contributed by atoms with Crippen LogP contribution in [0.25, 0.3) is 0 Å². The normalized spacial score (nSPS) is 24.7. The number of benzene rings is 2. The summed E-state index contributed by atoms with van der Waals surface area (Å²) in [4.78, 5) is 0. The summed E-state index contributed by atoms with van der Waals surface area (Å²) in [6.45, 7) is 9.22. The van der Waals surface area contributed by atoms with Crippen LogP contribution in [-0.4, -0.2) is 60.4 Å². The molecule has 0 aromatic heterocycles. The number of allylic oxidation sites excluding steroid dienone is 4. The molecule has 44 heavy (non-hydrogen) atoms. The summed E-state index contributed by atoms with van der Waals surface area (Å²) in [6.07, 6.45) is 7.45. The average molecular weight is 707 g/mol. The van der Waals surface area contributed by atoms with Crippen LogP contribution in [0.5, 0.6) is 0 Å². The first-order chi connectivity index (χ1) is 19.9. The van der Waals surface area contributed by atoms with Gasteiger partial charge in [-0.2, -0.15) is 4.58 Å². The number of halogens is 2. The molecule has 0 bridgehead atoms. The zero-order valence-corrected chi connectivity index (χ0v) is 31.9. The molecular weight excluding hydrogens is 670 g/mol. The topological polar surface area (TPSA) is 117 Å². The number of hydrogen-bond donors (Lipinski definition) is 0. The second-order valence-corrected chi connectivity index (χ2v) is 16.6. The number of nitrogens with zero attached hydrogens (tertiary/aromatic N) is 2. The zero-order chi connectivity index (χ0) is 31.6. The van der Waals surface area contributed by atoms with E-state index in [2.05, 4.69) is 18.4 Å². The van der Waals surface area contributed by atoms with Crippen LogP contribution >= 0.6 is 23.2 Å². The summed E-state index contributed by atoms with van der Waals surface area (Å²) in [5.41, 5.74) is 4.37. The first-order valence-electron chi connectivity index (χ1n) is 14.3. The molecule has 2 atom stereocenters. The van der Waals surface area contributed by atoms with Gasteiger partial charge in [0.15, 0.2) is 21.2 Å². The van der Waals surface area contributed by atoms with Crippen molar-refractivity contribution in [1.29, 1.82) is 0 Å². The van der Waals surface area contributed by atoms with Gasteiger partial charge in [0.2, 0.25) is 5.69 Å². The Morgan fingerprint density at radius 2 is 1.59 bits per heavy atom. The first-order valence-corrected chi connectivity index (χ1v) is 18.1. The average Bonchev–Trinajstić information content (AvgIpc) is 3.47. The SMILES string of the molecule is CC1(C)C(C=C/C=C2\C(C)(C)c3cc(Cl)ccc3[N+]23CCCC3S(=O)(=O)[O-])=[N+](CCCCS(=O)(=O)[O-])c2ccc(Cl)cc21.[K+]. The van der Waals surface area contributed by atoms with Gasteiger partial charge in [-0.05, 0) is 64.5 Å². The van der Waals surface area contributed by atoms with E-state index in [0.29, 0.717) is 36.0 Å². The molecule has 3 heterocycles. The van der Waals surface area contributed by atoms with Gasteiger partial charge < -0.3 is 9.11 Å². The predicted octanol–water partition coefficient (Wildman–Crippen LogP) is 3.10. The largest absolute Gasteiger partial charge is 1.00 e. The maximum Gasteiger partial charge on any atom is 1.00 e. The van der Waals surface area contributed by atoms with E-state index in [9.17, 15) is 25.9 Å². The van der Waals surface area contributed by atoms with E-state index in [1.807, 2.05) is 62.4 Å². The molecular formula is C31H36Cl2KN2O6S2+. The minimum atomic E-state index is -4.63. The molecule has 8 nitrogen and oxygen atoms in total. The van der Waals surface area contributed by atoms with Crippen LogP contribution in [0.15, 0.2) is 60.3 Å². The molecule has 0 radical (unpaired) electrons. The Labute approximate surface area is 313 Å². The van der Waals surface area contributed by atoms with Crippen LogP contribution in [0.1, 0.15) is 64.5 Å². The molecule has 0 N–H and O–H groups in total. The van der Waals surface area contributed by atoms with Crippen molar-refractivity contribution in [2.75, 3.05) is 18.8 Å². The van der Waals surface area contributed by atoms with Crippen molar-refractivity contribution in [3.63, 3.8) is 0 Å². The minimum absolute atomic E-state index is 0. The van der Waals surface area contributed by atoms with E-state index in [4.69, 9.17) is 23.2 Å². The van der Waals surface area contributed by atoms with Crippen LogP contribution in [0, 0.1) is 0 Å². The molecule has 0 amide bonds. The van der Waals surface area contributed by atoms with Gasteiger partial charge >= 0.3 is 51.4 Å². The van der Waals surface area contributed by atoms with Crippen molar-refractivity contribution in [1.82, 2.24) is 4.48 Å². The van der Waals surface area contributed by atoms with Gasteiger partial charge in [0.1, 0.15) is 17.9 Å². The molecule has 13 heteroatoms. The predicted molar refractivity (Wildman–Crippen MR) is 169 cm³/mol. The van der Waals surface area contributed by atoms with E-state index in [0.717, 1.165) is 33.9 Å². The number of fused-ring (bicyclic) bond motifs is 3. The second kappa shape index (κ2) is 12.9. The van der Waals surface area contributed by atoms with E-state index in [1.165, 1.54) is 0 Å². The Hall–Kier alpha value is -0.414. The number of unbranched alkanes of at least 4 members (excludes halogenated alkanes) is 1. The summed E-state index contributed by atoms with van der Waals surface area (Å²) in [5, 5.41) is 0.0123. The van der Waals surface area contributed by atoms with Crippen molar-refractivity contribution in [2.45, 2.75) is 69.6 Å². The molecule has 0 aliphatic carbocycles. The summed E-state index contributed by atoms with van der Waals surface area (Å²) in [7, 11) is -8.93. The summed E-state index contributed by atoms with van der Waals surface area (Å²) >= 11 is 12.8. The van der Waals surface area contributed by atoms with Crippen LogP contribution < -0.4 is 55.9 Å². The maximum atomic E-state index is 12.7. The van der Waals surface area contributed by atoms with Crippen LogP contribution in [0.2, 0.25) is 10.0 Å². The molecule has 1 spiro atoms. The van der Waals surface area contributed by atoms with Crippen LogP contribution in [0.3, 0.4) is 0 Å². The van der Waals surface area contributed by atoms with Gasteiger partial charge in [0.25, 0.3) is 0 Å². The van der Waals surface area contributed by atoms with Crippen LogP contribution in [-0.2, 0) is 31.1 Å². The van der Waals surface area contributed by atoms with Gasteiger partial charge in [0, 0.05) is 64.4 Å². The number of rotatable bonds is 8. The van der Waals surface area contributed by atoms with Gasteiger partial charge in [-0.1, -0.05) is 29.3 Å². The molecule has 3 aliphatic rings. The van der Waals surface area contributed by atoms with Gasteiger partial charge in [-0.15, -0.1) is 0 Å². The fourth-order valence-electron chi connectivity index (χ4n) is 7.43. The third kappa shape index (κ3) is 6.51. The Bertz CT molecular complexity index is 1800. The van der Waals surface area contributed by atoms with E-state index < -0.39 is 42.2 Å². The molecule has 5 rings (SSSR count). The molecule has 2 aromatic rings. The Balaban J connectivity index is 0.00000442. The van der Waals surface area contributed by atoms with Gasteiger partial charge in [-0.25, -0.2) is 21.3 Å². The summed E-state index contributed by atoms with van der Waals surface area (Å²) in [5.74, 6) is -0.418. The Morgan fingerprint density at radius 1 is 0.955 bits per heavy atom. The minimum Gasteiger partial charge on any atom is -0.748 e. The molecule has 2 unspecified atom stereocenters. The smallest absolute Gasteiger partial charge is 0.748 e. The van der Waals surface area contributed by atoms with Gasteiger partial charge in [-0.3, -0.25) is 0 Å². The van der Waals surface area contributed by atoms with Crippen molar-refractivity contribution in [2.24, 2.45) is 0 Å². The van der Waals surface area contributed by atoms with Crippen molar-refractivity contribution >= 4 is 60.5 Å². The summed E-state index contributed by atoms with van der Waals surface area (Å²) in [6, 6.07) is 11.2. The van der Waals surface area contributed by atoms with Crippen molar-refractivity contribution in [3.05, 3.63) is 81.5 Å². The standard InChI is InChI=1S/C31H36Cl2N2O6S2.K/c1-30(2)23-19-21(32)12-14-25(23)34(16-5-6-18-42(36,37)38)27(30)9-7-10-28-31(3,4)24-20-22(33)13-15-26(24)35(28)17-8-11-29(35)43(39,40)41;/h7,9-10,12-15,19-20,29H,5-6,8,11,16-18H2,1-4H3;/q;+1/b9-7?,28-10+;. The second-order valence-electron chi connectivity index (χ2n) is 12.7. The molecule has 3 aliphatic heterocycles. The monoisotopic (exact) mass is 705 g/mol. The Kier molecular flexibility index (Phi) is 10.7. The van der Waals surface area contributed by atoms with E-state index in [1.54, 1.807) is 6.07 Å². The quantitative estimate of drug-likeness (QED) is 0.137. The molecule has 2 aromatic carbocycles. The summed E-state index contributed by atoms with van der Waals surface area (Å²) < 4.78 is 73.6. The maximum absolute atomic E-state index is 12.7.